The van der Waals surface area contributed by atoms with Crippen molar-refractivity contribution in [2.24, 2.45) is 5.73 Å². The van der Waals surface area contributed by atoms with Gasteiger partial charge in [0.1, 0.15) is 0 Å². The van der Waals surface area contributed by atoms with Gasteiger partial charge in [-0.25, -0.2) is 0 Å². The Labute approximate surface area is 125 Å². The molecule has 0 bridgehead atoms. The Morgan fingerprint density at radius 3 is 2.70 bits per heavy atom. The molecule has 3 atom stereocenters. The van der Waals surface area contributed by atoms with Gasteiger partial charge in [0.2, 0.25) is 0 Å². The second kappa shape index (κ2) is 6.73. The van der Waals surface area contributed by atoms with Crippen LogP contribution in [0.15, 0.2) is 0 Å². The summed E-state index contributed by atoms with van der Waals surface area (Å²) < 4.78 is 0. The summed E-state index contributed by atoms with van der Waals surface area (Å²) in [6, 6.07) is 1.36. The molecule has 0 amide bonds. The van der Waals surface area contributed by atoms with E-state index in [0.717, 1.165) is 25.7 Å². The summed E-state index contributed by atoms with van der Waals surface area (Å²) in [5.41, 5.74) is 6.52. The highest BCUT2D eigenvalue weighted by Crippen LogP contribution is 2.37. The van der Waals surface area contributed by atoms with Crippen molar-refractivity contribution in [3.63, 3.8) is 0 Å². The second-order valence-electron chi connectivity index (χ2n) is 7.11. The van der Waals surface area contributed by atoms with Crippen molar-refractivity contribution >= 4 is 0 Å². The molecule has 3 unspecified atom stereocenters. The molecule has 118 valence electrons. The molecule has 0 aromatic carbocycles. The van der Waals surface area contributed by atoms with Crippen molar-refractivity contribution in [1.82, 2.24) is 14.7 Å². The molecule has 2 aliphatic heterocycles. The van der Waals surface area contributed by atoms with Crippen molar-refractivity contribution < 1.29 is 0 Å². The van der Waals surface area contributed by atoms with Crippen LogP contribution in [-0.4, -0.2) is 79.1 Å². The zero-order chi connectivity index (χ0) is 14.8. The molecule has 20 heavy (non-hydrogen) atoms. The monoisotopic (exact) mass is 282 g/mol. The standard InChI is InChI=1S/C16H34N4/c1-5-20(14(2)12-18(3)4)16(13-17)8-10-19-9-6-7-15(19)11-16/h14-15H,5-13,17H2,1-4H3. The first-order valence-electron chi connectivity index (χ1n) is 8.38. The Bertz CT molecular complexity index is 307. The maximum Gasteiger partial charge on any atom is 0.0361 e. The van der Waals surface area contributed by atoms with Crippen molar-refractivity contribution in [2.45, 2.75) is 57.2 Å². The van der Waals surface area contributed by atoms with E-state index in [1.807, 2.05) is 0 Å². The van der Waals surface area contributed by atoms with E-state index in [-0.39, 0.29) is 5.54 Å². The molecule has 4 nitrogen and oxygen atoms in total. The van der Waals surface area contributed by atoms with Gasteiger partial charge >= 0.3 is 0 Å². The van der Waals surface area contributed by atoms with Gasteiger partial charge in [-0.1, -0.05) is 6.92 Å². The zero-order valence-electron chi connectivity index (χ0n) is 13.9. The molecule has 2 heterocycles. The highest BCUT2D eigenvalue weighted by molar-refractivity contribution is 5.03. The zero-order valence-corrected chi connectivity index (χ0v) is 13.9. The van der Waals surface area contributed by atoms with E-state index in [9.17, 15) is 0 Å². The summed E-state index contributed by atoms with van der Waals surface area (Å²) in [4.78, 5) is 7.68. The Balaban J connectivity index is 2.11. The number of piperidine rings is 1. The van der Waals surface area contributed by atoms with E-state index in [1.54, 1.807) is 0 Å². The lowest BCUT2D eigenvalue weighted by molar-refractivity contribution is -0.0145. The molecule has 0 radical (unpaired) electrons. The van der Waals surface area contributed by atoms with Crippen molar-refractivity contribution in [1.29, 1.82) is 0 Å². The van der Waals surface area contributed by atoms with Gasteiger partial charge in [0.15, 0.2) is 0 Å². The van der Waals surface area contributed by atoms with Crippen LogP contribution in [0.25, 0.3) is 0 Å². The predicted molar refractivity (Wildman–Crippen MR) is 86.0 cm³/mol. The van der Waals surface area contributed by atoms with Crippen LogP contribution >= 0.6 is 0 Å². The van der Waals surface area contributed by atoms with Gasteiger partial charge in [0.25, 0.3) is 0 Å². The van der Waals surface area contributed by atoms with E-state index in [1.165, 1.54) is 38.8 Å². The molecule has 2 aliphatic rings. The maximum absolute atomic E-state index is 6.29. The minimum atomic E-state index is 0.232. The predicted octanol–water partition coefficient (Wildman–Crippen LogP) is 1.21. The maximum atomic E-state index is 6.29. The average molecular weight is 282 g/mol. The number of hydrogen-bond acceptors (Lipinski definition) is 4. The molecule has 2 rings (SSSR count). The Morgan fingerprint density at radius 1 is 1.35 bits per heavy atom. The normalized spacial score (nSPS) is 32.9. The van der Waals surface area contributed by atoms with Crippen LogP contribution in [0.2, 0.25) is 0 Å². The van der Waals surface area contributed by atoms with Gasteiger partial charge in [0, 0.05) is 37.3 Å². The topological polar surface area (TPSA) is 35.7 Å². The van der Waals surface area contributed by atoms with Crippen LogP contribution < -0.4 is 5.73 Å². The lowest BCUT2D eigenvalue weighted by atomic mass is 9.80. The minimum Gasteiger partial charge on any atom is -0.329 e. The fourth-order valence-corrected chi connectivity index (χ4v) is 4.62. The number of nitrogens with two attached hydrogens (primary N) is 1. The van der Waals surface area contributed by atoms with Crippen LogP contribution in [-0.2, 0) is 0 Å². The molecule has 4 heteroatoms. The van der Waals surface area contributed by atoms with Crippen molar-refractivity contribution in [2.75, 3.05) is 46.8 Å². The molecule has 0 aromatic rings. The van der Waals surface area contributed by atoms with Crippen LogP contribution in [0.5, 0.6) is 0 Å². The lowest BCUT2D eigenvalue weighted by Gasteiger charge is -2.52. The van der Waals surface area contributed by atoms with E-state index in [4.69, 9.17) is 5.73 Å². The first-order valence-corrected chi connectivity index (χ1v) is 8.38. The molecule has 2 fully saturated rings. The molecular weight excluding hydrogens is 248 g/mol. The summed E-state index contributed by atoms with van der Waals surface area (Å²) in [7, 11) is 4.33. The lowest BCUT2D eigenvalue weighted by Crippen LogP contribution is -2.64. The summed E-state index contributed by atoms with van der Waals surface area (Å²) in [6.45, 7) is 10.2. The number of likely N-dealkylation sites (N-methyl/N-ethyl adjacent to an activating group) is 2. The third-order valence-electron chi connectivity index (χ3n) is 5.47. The minimum absolute atomic E-state index is 0.232. The molecular formula is C16H34N4. The van der Waals surface area contributed by atoms with Gasteiger partial charge in [0.05, 0.1) is 0 Å². The molecule has 0 aromatic heterocycles. The summed E-state index contributed by atoms with van der Waals surface area (Å²) in [5, 5.41) is 0. The van der Waals surface area contributed by atoms with E-state index in [0.29, 0.717) is 6.04 Å². The summed E-state index contributed by atoms with van der Waals surface area (Å²) in [5.74, 6) is 0. The van der Waals surface area contributed by atoms with Crippen LogP contribution in [0, 0.1) is 0 Å². The highest BCUT2D eigenvalue weighted by Gasteiger charge is 2.45. The first kappa shape index (κ1) is 16.2. The Kier molecular flexibility index (Phi) is 5.46. The first-order chi connectivity index (χ1) is 9.52. The van der Waals surface area contributed by atoms with Crippen molar-refractivity contribution in [3.8, 4) is 0 Å². The van der Waals surface area contributed by atoms with E-state index < -0.39 is 0 Å². The molecule has 0 spiro atoms. The molecule has 2 saturated heterocycles. The number of nitrogens with zero attached hydrogens (tertiary/aromatic N) is 3. The van der Waals surface area contributed by atoms with Gasteiger partial charge in [-0.15, -0.1) is 0 Å². The van der Waals surface area contributed by atoms with Crippen molar-refractivity contribution in [3.05, 3.63) is 0 Å². The van der Waals surface area contributed by atoms with Crippen LogP contribution in [0.1, 0.15) is 39.5 Å². The average Bonchev–Trinajstić information content (AvgIpc) is 2.85. The van der Waals surface area contributed by atoms with E-state index in [2.05, 4.69) is 42.6 Å². The van der Waals surface area contributed by atoms with Gasteiger partial charge in [-0.2, -0.15) is 0 Å². The molecule has 2 N–H and O–H groups in total. The van der Waals surface area contributed by atoms with Gasteiger partial charge in [-0.3, -0.25) is 4.90 Å². The van der Waals surface area contributed by atoms with Gasteiger partial charge < -0.3 is 15.5 Å². The SMILES string of the molecule is CCN(C(C)CN(C)C)C1(CN)CCN2CCCC2C1. The summed E-state index contributed by atoms with van der Waals surface area (Å²) >= 11 is 0. The Hall–Kier alpha value is -0.160. The summed E-state index contributed by atoms with van der Waals surface area (Å²) in [6.07, 6.45) is 5.27. The third kappa shape index (κ3) is 3.19. The second-order valence-corrected chi connectivity index (χ2v) is 7.11. The van der Waals surface area contributed by atoms with Crippen LogP contribution in [0.4, 0.5) is 0 Å². The number of rotatable bonds is 6. The van der Waals surface area contributed by atoms with Crippen LogP contribution in [0.3, 0.4) is 0 Å². The van der Waals surface area contributed by atoms with E-state index >= 15 is 0 Å². The Morgan fingerprint density at radius 2 is 2.10 bits per heavy atom. The fraction of sp³-hybridized carbons (Fsp3) is 1.00. The number of hydrogen-bond donors (Lipinski definition) is 1. The fourth-order valence-electron chi connectivity index (χ4n) is 4.62. The third-order valence-corrected chi connectivity index (χ3v) is 5.47. The molecule has 0 saturated carbocycles. The highest BCUT2D eigenvalue weighted by atomic mass is 15.3. The smallest absolute Gasteiger partial charge is 0.0361 e. The van der Waals surface area contributed by atoms with Gasteiger partial charge in [-0.05, 0) is 59.8 Å². The quantitative estimate of drug-likeness (QED) is 0.794. The molecule has 0 aliphatic carbocycles. The number of fused-ring (bicyclic) bond motifs is 1. The largest absolute Gasteiger partial charge is 0.329 e.